The Hall–Kier alpha value is -2.40. The first-order valence-corrected chi connectivity index (χ1v) is 12.9. The third-order valence-electron chi connectivity index (χ3n) is 6.21. The van der Waals surface area contributed by atoms with Crippen molar-refractivity contribution in [3.63, 3.8) is 0 Å². The van der Waals surface area contributed by atoms with Gasteiger partial charge in [-0.25, -0.2) is 18.0 Å². The van der Waals surface area contributed by atoms with E-state index >= 15 is 0 Å². The van der Waals surface area contributed by atoms with E-state index in [1.54, 1.807) is 13.8 Å². The summed E-state index contributed by atoms with van der Waals surface area (Å²) in [6, 6.07) is 2.50. The Morgan fingerprint density at radius 2 is 1.70 bits per heavy atom. The highest BCUT2D eigenvalue weighted by atomic mass is 32.2. The standard InChI is InChI=1S/C22H32N2O8S/c1-3-30-20(26)17-8-9-18(32-17)33(28,29)24-14-10-16(11-15-24)19(25)23-22(21(27)31-4-2)12-6-5-7-13-22/h8-9,16H,3-7,10-15H2,1-2H3,(H,23,25). The molecule has 0 spiro atoms. The number of carbonyl (C=O) groups excluding carboxylic acids is 3. The zero-order valence-corrected chi connectivity index (χ0v) is 19.9. The van der Waals surface area contributed by atoms with E-state index in [0.29, 0.717) is 25.7 Å². The van der Waals surface area contributed by atoms with Gasteiger partial charge in [-0.3, -0.25) is 4.79 Å². The zero-order valence-electron chi connectivity index (χ0n) is 19.1. The van der Waals surface area contributed by atoms with E-state index in [1.165, 1.54) is 16.4 Å². The molecule has 0 unspecified atom stereocenters. The van der Waals surface area contributed by atoms with Crippen LogP contribution in [-0.2, 0) is 29.1 Å². The number of nitrogens with one attached hydrogen (secondary N) is 1. The number of esters is 2. The lowest BCUT2D eigenvalue weighted by atomic mass is 9.81. The molecule has 2 aliphatic rings. The number of nitrogens with zero attached hydrogens (tertiary/aromatic N) is 1. The van der Waals surface area contributed by atoms with E-state index < -0.39 is 33.4 Å². The number of rotatable bonds is 8. The lowest BCUT2D eigenvalue weighted by Crippen LogP contribution is -2.58. The van der Waals surface area contributed by atoms with E-state index in [2.05, 4.69) is 5.32 Å². The van der Waals surface area contributed by atoms with Gasteiger partial charge in [0.25, 0.3) is 10.0 Å². The summed E-state index contributed by atoms with van der Waals surface area (Å²) in [4.78, 5) is 37.3. The van der Waals surface area contributed by atoms with Crippen molar-refractivity contribution < 1.29 is 36.7 Å². The van der Waals surface area contributed by atoms with Crippen LogP contribution in [0.2, 0.25) is 0 Å². The van der Waals surface area contributed by atoms with Crippen molar-refractivity contribution >= 4 is 27.9 Å². The Morgan fingerprint density at radius 1 is 1.06 bits per heavy atom. The molecule has 1 saturated heterocycles. The Morgan fingerprint density at radius 3 is 2.30 bits per heavy atom. The number of sulfonamides is 1. The van der Waals surface area contributed by atoms with Crippen LogP contribution in [0.5, 0.6) is 0 Å². The van der Waals surface area contributed by atoms with Crippen molar-refractivity contribution in [1.29, 1.82) is 0 Å². The minimum atomic E-state index is -3.95. The van der Waals surface area contributed by atoms with Gasteiger partial charge in [-0.2, -0.15) is 4.31 Å². The average Bonchev–Trinajstić information content (AvgIpc) is 3.31. The molecule has 0 radical (unpaired) electrons. The van der Waals surface area contributed by atoms with Gasteiger partial charge in [0.1, 0.15) is 5.54 Å². The molecule has 1 saturated carbocycles. The molecule has 1 aliphatic heterocycles. The van der Waals surface area contributed by atoms with Crippen LogP contribution >= 0.6 is 0 Å². The van der Waals surface area contributed by atoms with Crippen LogP contribution < -0.4 is 5.32 Å². The minimum Gasteiger partial charge on any atom is -0.464 e. The summed E-state index contributed by atoms with van der Waals surface area (Å²) in [7, 11) is -3.95. The van der Waals surface area contributed by atoms with Gasteiger partial charge in [0.2, 0.25) is 16.8 Å². The summed E-state index contributed by atoms with van der Waals surface area (Å²) in [5.74, 6) is -1.96. The SMILES string of the molecule is CCOC(=O)c1ccc(S(=O)(=O)N2CCC(C(=O)NC3(C(=O)OCC)CCCCC3)CC2)o1. The third-order valence-corrected chi connectivity index (χ3v) is 7.99. The second kappa shape index (κ2) is 10.7. The number of piperidine rings is 1. The molecule has 10 nitrogen and oxygen atoms in total. The number of furan rings is 1. The van der Waals surface area contributed by atoms with Crippen LogP contribution in [0.1, 0.15) is 69.3 Å². The average molecular weight is 485 g/mol. The fourth-order valence-electron chi connectivity index (χ4n) is 4.40. The molecule has 1 aromatic rings. The van der Waals surface area contributed by atoms with Gasteiger partial charge in [-0.15, -0.1) is 0 Å². The van der Waals surface area contributed by atoms with Gasteiger partial charge in [0, 0.05) is 19.0 Å². The Bertz CT molecular complexity index is 957. The van der Waals surface area contributed by atoms with Crippen molar-refractivity contribution in [2.75, 3.05) is 26.3 Å². The molecule has 0 atom stereocenters. The van der Waals surface area contributed by atoms with Crippen molar-refractivity contribution in [3.8, 4) is 0 Å². The molecule has 1 aromatic heterocycles. The summed E-state index contributed by atoms with van der Waals surface area (Å²) in [6.45, 7) is 4.03. The quantitative estimate of drug-likeness (QED) is 0.556. The highest BCUT2D eigenvalue weighted by Gasteiger charge is 2.44. The Kier molecular flexibility index (Phi) is 8.17. The fraction of sp³-hybridized carbons (Fsp3) is 0.682. The van der Waals surface area contributed by atoms with Crippen LogP contribution in [0.4, 0.5) is 0 Å². The molecule has 3 rings (SSSR count). The van der Waals surface area contributed by atoms with Crippen molar-refractivity contribution in [2.24, 2.45) is 5.92 Å². The lowest BCUT2D eigenvalue weighted by molar-refractivity contribution is -0.155. The highest BCUT2D eigenvalue weighted by Crippen LogP contribution is 2.31. The topological polar surface area (TPSA) is 132 Å². The van der Waals surface area contributed by atoms with Crippen LogP contribution in [0, 0.1) is 5.92 Å². The predicted octanol–water partition coefficient (Wildman–Crippen LogP) is 2.24. The smallest absolute Gasteiger partial charge is 0.374 e. The second-order valence-electron chi connectivity index (χ2n) is 8.37. The molecular weight excluding hydrogens is 452 g/mol. The first-order chi connectivity index (χ1) is 15.7. The number of hydrogen-bond acceptors (Lipinski definition) is 8. The summed E-state index contributed by atoms with van der Waals surface area (Å²) in [6.07, 6.45) is 4.42. The summed E-state index contributed by atoms with van der Waals surface area (Å²) >= 11 is 0. The van der Waals surface area contributed by atoms with E-state index in [-0.39, 0.29) is 43.1 Å². The van der Waals surface area contributed by atoms with Crippen molar-refractivity contribution in [2.45, 2.75) is 69.4 Å². The number of amides is 1. The molecule has 33 heavy (non-hydrogen) atoms. The third kappa shape index (κ3) is 5.57. The number of hydrogen-bond donors (Lipinski definition) is 1. The summed E-state index contributed by atoms with van der Waals surface area (Å²) < 4.78 is 42.3. The molecule has 1 N–H and O–H groups in total. The molecule has 184 valence electrons. The maximum Gasteiger partial charge on any atom is 0.374 e. The Balaban J connectivity index is 1.62. The van der Waals surface area contributed by atoms with E-state index in [9.17, 15) is 22.8 Å². The molecule has 2 fully saturated rings. The van der Waals surface area contributed by atoms with E-state index in [4.69, 9.17) is 13.9 Å². The first-order valence-electron chi connectivity index (χ1n) is 11.5. The van der Waals surface area contributed by atoms with E-state index in [0.717, 1.165) is 19.3 Å². The van der Waals surface area contributed by atoms with Gasteiger partial charge in [0.05, 0.1) is 13.2 Å². The maximum atomic E-state index is 13.0. The fourth-order valence-corrected chi connectivity index (χ4v) is 5.78. The van der Waals surface area contributed by atoms with Gasteiger partial charge in [-0.1, -0.05) is 19.3 Å². The van der Waals surface area contributed by atoms with Gasteiger partial charge in [-0.05, 0) is 51.7 Å². The van der Waals surface area contributed by atoms with Crippen LogP contribution in [-0.4, -0.2) is 62.4 Å². The predicted molar refractivity (Wildman–Crippen MR) is 117 cm³/mol. The Labute approximate surface area is 194 Å². The van der Waals surface area contributed by atoms with Crippen LogP contribution in [0.25, 0.3) is 0 Å². The lowest BCUT2D eigenvalue weighted by Gasteiger charge is -2.37. The maximum absolute atomic E-state index is 13.0. The van der Waals surface area contributed by atoms with Gasteiger partial charge in [0.15, 0.2) is 0 Å². The van der Waals surface area contributed by atoms with Crippen LogP contribution in [0.3, 0.4) is 0 Å². The monoisotopic (exact) mass is 484 g/mol. The summed E-state index contributed by atoms with van der Waals surface area (Å²) in [5, 5.41) is 2.61. The molecule has 1 aliphatic carbocycles. The highest BCUT2D eigenvalue weighted by molar-refractivity contribution is 7.89. The molecule has 2 heterocycles. The van der Waals surface area contributed by atoms with Crippen molar-refractivity contribution in [1.82, 2.24) is 9.62 Å². The van der Waals surface area contributed by atoms with Gasteiger partial charge >= 0.3 is 11.9 Å². The molecule has 0 aromatic carbocycles. The molecule has 0 bridgehead atoms. The van der Waals surface area contributed by atoms with Crippen LogP contribution in [0.15, 0.2) is 21.6 Å². The molecular formula is C22H32N2O8S. The number of ether oxygens (including phenoxy) is 2. The minimum absolute atomic E-state index is 0.127. The normalized spacial score (nSPS) is 19.6. The van der Waals surface area contributed by atoms with Gasteiger partial charge < -0.3 is 19.2 Å². The zero-order chi connectivity index (χ0) is 24.1. The van der Waals surface area contributed by atoms with E-state index in [1.807, 2.05) is 0 Å². The second-order valence-corrected chi connectivity index (χ2v) is 10.2. The van der Waals surface area contributed by atoms with Crippen molar-refractivity contribution in [3.05, 3.63) is 17.9 Å². The number of carbonyl (C=O) groups is 3. The largest absolute Gasteiger partial charge is 0.464 e. The summed E-state index contributed by atoms with van der Waals surface area (Å²) in [5.41, 5.74) is -0.994. The first kappa shape index (κ1) is 25.2. The molecule has 11 heteroatoms. The molecule has 1 amide bonds.